The van der Waals surface area contributed by atoms with Gasteiger partial charge in [0.1, 0.15) is 18.4 Å². The van der Waals surface area contributed by atoms with Crippen LogP contribution in [0.5, 0.6) is 0 Å². The molecular weight excluding hydrogens is 392 g/mol. The second kappa shape index (κ2) is 7.54. The molecule has 0 fully saturated rings. The molecule has 2 aromatic carbocycles. The zero-order valence-electron chi connectivity index (χ0n) is 13.5. The van der Waals surface area contributed by atoms with Crippen LogP contribution < -0.4 is 10.8 Å². The molecule has 0 aliphatic rings. The largest absolute Gasteiger partial charge is 0.478 e. The van der Waals surface area contributed by atoms with E-state index in [4.69, 9.17) is 23.2 Å². The highest BCUT2D eigenvalue weighted by molar-refractivity contribution is 7.15. The molecule has 8 heteroatoms. The lowest BCUT2D eigenvalue weighted by molar-refractivity contribution is 0.0699. The molecule has 0 radical (unpaired) electrons. The van der Waals surface area contributed by atoms with Gasteiger partial charge in [0.2, 0.25) is 0 Å². The number of anilines is 1. The summed E-state index contributed by atoms with van der Waals surface area (Å²) in [6.07, 6.45) is 0. The maximum Gasteiger partial charge on any atom is 0.339 e. The molecule has 3 rings (SSSR count). The van der Waals surface area contributed by atoms with Gasteiger partial charge < -0.3 is 10.4 Å². The van der Waals surface area contributed by atoms with E-state index in [1.54, 1.807) is 11.4 Å². The number of hydrogen-bond donors (Lipinski definition) is 2. The molecule has 4 nitrogen and oxygen atoms in total. The average Bonchev–Trinajstić information content (AvgIpc) is 2.99. The van der Waals surface area contributed by atoms with Crippen LogP contribution in [0.25, 0.3) is 11.1 Å². The average molecular weight is 404 g/mol. The third kappa shape index (κ3) is 3.77. The Hall–Kier alpha value is -2.28. The minimum Gasteiger partial charge on any atom is -0.478 e. The van der Waals surface area contributed by atoms with Crippen LogP contribution in [0.3, 0.4) is 0 Å². The summed E-state index contributed by atoms with van der Waals surface area (Å²) in [7, 11) is 1.96. The summed E-state index contributed by atoms with van der Waals surface area (Å²) in [5.41, 5.74) is 2.68. The van der Waals surface area contributed by atoms with Crippen molar-refractivity contribution in [1.29, 1.82) is 0 Å². The molecule has 1 amide bonds. The Balaban J connectivity index is 1.97. The van der Waals surface area contributed by atoms with Crippen LogP contribution >= 0.6 is 34.5 Å². The summed E-state index contributed by atoms with van der Waals surface area (Å²) in [4.78, 5) is 24.3. The summed E-state index contributed by atoms with van der Waals surface area (Å²) in [6.45, 7) is 0. The van der Waals surface area contributed by atoms with Crippen molar-refractivity contribution < 1.29 is 14.7 Å². The highest BCUT2D eigenvalue weighted by atomic mass is 35.5. The number of carboxylic acids is 1. The van der Waals surface area contributed by atoms with E-state index < -0.39 is 11.9 Å². The van der Waals surface area contributed by atoms with Gasteiger partial charge in [-0.15, -0.1) is 11.3 Å². The van der Waals surface area contributed by atoms with Gasteiger partial charge in [-0.3, -0.25) is 4.79 Å². The molecule has 0 spiro atoms. The summed E-state index contributed by atoms with van der Waals surface area (Å²) in [6, 6.07) is 12.0. The Morgan fingerprint density at radius 1 is 1.08 bits per heavy atom. The summed E-state index contributed by atoms with van der Waals surface area (Å²) >= 11 is 13.0. The van der Waals surface area contributed by atoms with Crippen molar-refractivity contribution in [1.82, 2.24) is 0 Å². The first-order chi connectivity index (χ1) is 12.4. The van der Waals surface area contributed by atoms with Crippen LogP contribution in [0, 0.1) is 0 Å². The van der Waals surface area contributed by atoms with Gasteiger partial charge in [0.15, 0.2) is 0 Å². The van der Waals surface area contributed by atoms with Gasteiger partial charge >= 0.3 is 5.97 Å². The topological polar surface area (TPSA) is 66.4 Å². The molecule has 0 bridgehead atoms. The number of benzene rings is 2. The van der Waals surface area contributed by atoms with Crippen molar-refractivity contribution in [3.8, 4) is 11.1 Å². The summed E-state index contributed by atoms with van der Waals surface area (Å²) < 4.78 is 0. The van der Waals surface area contributed by atoms with E-state index in [2.05, 4.69) is 5.32 Å². The Labute approximate surface area is 164 Å². The van der Waals surface area contributed by atoms with E-state index in [1.807, 2.05) is 32.1 Å². The smallest absolute Gasteiger partial charge is 0.339 e. The van der Waals surface area contributed by atoms with Gasteiger partial charge in [-0.05, 0) is 23.8 Å². The van der Waals surface area contributed by atoms with Crippen LogP contribution in [-0.4, -0.2) is 24.8 Å². The van der Waals surface area contributed by atoms with E-state index in [-0.39, 0.29) is 21.2 Å². The molecule has 2 N–H and O–H groups in total. The minimum atomic E-state index is -1.11. The van der Waals surface area contributed by atoms with Crippen LogP contribution in [0.1, 0.15) is 20.7 Å². The first kappa shape index (κ1) is 18.5. The normalized spacial score (nSPS) is 10.5. The predicted molar refractivity (Wildman–Crippen MR) is 109 cm³/mol. The Bertz CT molecular complexity index is 1000. The minimum absolute atomic E-state index is 0.0530. The van der Waals surface area contributed by atoms with Crippen molar-refractivity contribution >= 4 is 64.7 Å². The molecule has 26 heavy (non-hydrogen) atoms. The van der Waals surface area contributed by atoms with E-state index in [1.165, 1.54) is 12.1 Å². The van der Waals surface area contributed by atoms with Crippen molar-refractivity contribution in [2.75, 3.05) is 5.32 Å². The van der Waals surface area contributed by atoms with Crippen molar-refractivity contribution in [3.05, 3.63) is 69.0 Å². The number of carbonyl (C=O) groups is 2. The maximum atomic E-state index is 12.5. The molecule has 1 aromatic heterocycles. The third-order valence-electron chi connectivity index (χ3n) is 3.77. The highest BCUT2D eigenvalue weighted by Gasteiger charge is 2.22. The zero-order chi connectivity index (χ0) is 18.8. The first-order valence-electron chi connectivity index (χ1n) is 7.55. The lowest BCUT2D eigenvalue weighted by atomic mass is 9.93. The van der Waals surface area contributed by atoms with Gasteiger partial charge in [-0.25, -0.2) is 4.79 Å². The zero-order valence-corrected chi connectivity index (χ0v) is 15.9. The van der Waals surface area contributed by atoms with Crippen LogP contribution in [0.15, 0.2) is 47.8 Å². The quantitative estimate of drug-likeness (QED) is 0.648. The van der Waals surface area contributed by atoms with Crippen molar-refractivity contribution in [2.24, 2.45) is 0 Å². The standard InChI is InChI=1S/C18H12BCl2NO3S/c19-10-3-1-9(2-4-10)13-8-26-17(15(13)18(24)25)22-16(23)12-6-5-11(20)7-14(12)21/h1-8H,19H2,(H,22,23)(H,24,25). The Morgan fingerprint density at radius 2 is 1.77 bits per heavy atom. The van der Waals surface area contributed by atoms with Gasteiger partial charge in [0.25, 0.3) is 5.91 Å². The number of thiophene rings is 1. The molecular formula is C18H12BCl2NO3S. The number of aromatic carboxylic acids is 1. The number of rotatable bonds is 4. The molecule has 0 aliphatic heterocycles. The van der Waals surface area contributed by atoms with Gasteiger partial charge in [-0.2, -0.15) is 0 Å². The van der Waals surface area contributed by atoms with Gasteiger partial charge in [-0.1, -0.05) is 52.9 Å². The van der Waals surface area contributed by atoms with E-state index in [0.717, 1.165) is 22.4 Å². The van der Waals surface area contributed by atoms with E-state index >= 15 is 0 Å². The van der Waals surface area contributed by atoms with Crippen LogP contribution in [-0.2, 0) is 0 Å². The molecule has 0 saturated heterocycles. The predicted octanol–water partition coefficient (Wildman–Crippen LogP) is 3.93. The van der Waals surface area contributed by atoms with E-state index in [9.17, 15) is 14.7 Å². The van der Waals surface area contributed by atoms with Crippen LogP contribution in [0.4, 0.5) is 5.00 Å². The van der Waals surface area contributed by atoms with E-state index in [0.29, 0.717) is 10.6 Å². The second-order valence-electron chi connectivity index (χ2n) is 5.60. The molecule has 0 atom stereocenters. The van der Waals surface area contributed by atoms with Crippen molar-refractivity contribution in [2.45, 2.75) is 0 Å². The number of carbonyl (C=O) groups excluding carboxylic acids is 1. The SMILES string of the molecule is Bc1ccc(-c2csc(NC(=O)c3ccc(Cl)cc3Cl)c2C(=O)O)cc1. The number of amides is 1. The fourth-order valence-corrected chi connectivity index (χ4v) is 3.90. The summed E-state index contributed by atoms with van der Waals surface area (Å²) in [5.74, 6) is -1.61. The lowest BCUT2D eigenvalue weighted by Crippen LogP contribution is -2.14. The number of carboxylic acid groups (broad SMARTS) is 1. The molecule has 1 heterocycles. The number of nitrogens with one attached hydrogen (secondary N) is 1. The fraction of sp³-hybridized carbons (Fsp3) is 0. The first-order valence-corrected chi connectivity index (χ1v) is 9.18. The van der Waals surface area contributed by atoms with Gasteiger partial charge in [0, 0.05) is 16.0 Å². The number of hydrogen-bond acceptors (Lipinski definition) is 3. The third-order valence-corrected chi connectivity index (χ3v) is 5.21. The highest BCUT2D eigenvalue weighted by Crippen LogP contribution is 2.36. The molecule has 130 valence electrons. The molecule has 0 saturated carbocycles. The molecule has 0 unspecified atom stereocenters. The number of halogens is 2. The monoisotopic (exact) mass is 403 g/mol. The molecule has 3 aromatic rings. The van der Waals surface area contributed by atoms with Crippen molar-refractivity contribution in [3.63, 3.8) is 0 Å². The molecule has 0 aliphatic carbocycles. The Kier molecular flexibility index (Phi) is 5.37. The second-order valence-corrected chi connectivity index (χ2v) is 7.33. The Morgan fingerprint density at radius 3 is 2.38 bits per heavy atom. The summed E-state index contributed by atoms with van der Waals surface area (Å²) in [5, 5.41) is 14.9. The van der Waals surface area contributed by atoms with Gasteiger partial charge in [0.05, 0.1) is 10.6 Å². The lowest BCUT2D eigenvalue weighted by Gasteiger charge is -2.08. The van der Waals surface area contributed by atoms with Crippen LogP contribution in [0.2, 0.25) is 10.0 Å². The fourth-order valence-electron chi connectivity index (χ4n) is 2.45. The maximum absolute atomic E-state index is 12.5.